The van der Waals surface area contributed by atoms with Crippen LogP contribution in [0.4, 0.5) is 10.2 Å². The topological polar surface area (TPSA) is 68.0 Å². The van der Waals surface area contributed by atoms with Gasteiger partial charge in [0.1, 0.15) is 11.6 Å². The summed E-state index contributed by atoms with van der Waals surface area (Å²) in [5.41, 5.74) is 5.70. The van der Waals surface area contributed by atoms with Gasteiger partial charge in [-0.1, -0.05) is 6.92 Å². The monoisotopic (exact) mass is 251 g/mol. The Labute approximate surface area is 106 Å². The highest BCUT2D eigenvalue weighted by molar-refractivity contribution is 5.98. The Bertz CT molecular complexity index is 442. The van der Waals surface area contributed by atoms with Crippen molar-refractivity contribution in [3.8, 4) is 0 Å². The summed E-state index contributed by atoms with van der Waals surface area (Å²) in [5, 5.41) is 2.90. The lowest BCUT2D eigenvalue weighted by Crippen LogP contribution is -2.37. The van der Waals surface area contributed by atoms with E-state index in [2.05, 4.69) is 17.2 Å². The summed E-state index contributed by atoms with van der Waals surface area (Å²) in [6.45, 7) is 2.21. The van der Waals surface area contributed by atoms with Gasteiger partial charge in [0, 0.05) is 6.04 Å². The first-order chi connectivity index (χ1) is 8.56. The highest BCUT2D eigenvalue weighted by atomic mass is 19.1. The van der Waals surface area contributed by atoms with Crippen LogP contribution >= 0.6 is 0 Å². The summed E-state index contributed by atoms with van der Waals surface area (Å²) >= 11 is 0. The van der Waals surface area contributed by atoms with Gasteiger partial charge in [0.25, 0.3) is 5.91 Å². The van der Waals surface area contributed by atoms with Gasteiger partial charge in [0.15, 0.2) is 0 Å². The van der Waals surface area contributed by atoms with Crippen LogP contribution in [0.2, 0.25) is 0 Å². The number of nitrogens with two attached hydrogens (primary N) is 1. The molecule has 0 radical (unpaired) electrons. The number of carbonyl (C=O) groups is 1. The van der Waals surface area contributed by atoms with E-state index >= 15 is 0 Å². The van der Waals surface area contributed by atoms with E-state index in [1.165, 1.54) is 0 Å². The minimum absolute atomic E-state index is 0.0677. The van der Waals surface area contributed by atoms with Crippen LogP contribution in [-0.2, 0) is 0 Å². The van der Waals surface area contributed by atoms with Gasteiger partial charge >= 0.3 is 0 Å². The number of halogens is 1. The molecule has 2 rings (SSSR count). The lowest BCUT2D eigenvalue weighted by Gasteiger charge is -2.27. The number of pyridine rings is 1. The molecule has 0 atom stereocenters. The number of hydrogen-bond acceptors (Lipinski definition) is 3. The minimum Gasteiger partial charge on any atom is -0.383 e. The lowest BCUT2D eigenvalue weighted by atomic mass is 9.87. The SMILES string of the molecule is CC1CCC(NC(=O)c2cc(F)cnc2N)CC1. The van der Waals surface area contributed by atoms with E-state index in [1.807, 2.05) is 0 Å². The molecular weight excluding hydrogens is 233 g/mol. The Morgan fingerprint density at radius 2 is 2.11 bits per heavy atom. The molecule has 3 N–H and O–H groups in total. The second kappa shape index (κ2) is 5.33. The highest BCUT2D eigenvalue weighted by Crippen LogP contribution is 2.23. The fourth-order valence-corrected chi connectivity index (χ4v) is 2.30. The van der Waals surface area contributed by atoms with Crippen LogP contribution in [0, 0.1) is 11.7 Å². The molecule has 1 aliphatic rings. The third-order valence-corrected chi connectivity index (χ3v) is 3.48. The number of nitrogens with one attached hydrogen (secondary N) is 1. The van der Waals surface area contributed by atoms with Gasteiger partial charge < -0.3 is 11.1 Å². The van der Waals surface area contributed by atoms with Crippen molar-refractivity contribution in [1.29, 1.82) is 0 Å². The third kappa shape index (κ3) is 2.97. The quantitative estimate of drug-likeness (QED) is 0.846. The van der Waals surface area contributed by atoms with Crippen molar-refractivity contribution in [2.24, 2.45) is 5.92 Å². The van der Waals surface area contributed by atoms with Gasteiger partial charge in [-0.05, 0) is 37.7 Å². The number of anilines is 1. The van der Waals surface area contributed by atoms with Crippen LogP contribution in [-0.4, -0.2) is 16.9 Å². The Kier molecular flexibility index (Phi) is 3.79. The minimum atomic E-state index is -0.549. The number of carbonyl (C=O) groups excluding carboxylic acids is 1. The highest BCUT2D eigenvalue weighted by Gasteiger charge is 2.21. The number of aromatic nitrogens is 1. The number of amides is 1. The van der Waals surface area contributed by atoms with Crippen molar-refractivity contribution in [3.05, 3.63) is 23.6 Å². The smallest absolute Gasteiger partial charge is 0.255 e. The first-order valence-electron chi connectivity index (χ1n) is 6.28. The van der Waals surface area contributed by atoms with Crippen LogP contribution in [0.15, 0.2) is 12.3 Å². The molecule has 1 aromatic heterocycles. The number of nitrogen functional groups attached to an aromatic ring is 1. The summed E-state index contributed by atoms with van der Waals surface area (Å²) in [6, 6.07) is 1.29. The average Bonchev–Trinajstić information content (AvgIpc) is 2.35. The molecule has 4 nitrogen and oxygen atoms in total. The zero-order valence-corrected chi connectivity index (χ0v) is 10.4. The van der Waals surface area contributed by atoms with E-state index in [4.69, 9.17) is 5.73 Å². The van der Waals surface area contributed by atoms with E-state index in [9.17, 15) is 9.18 Å². The fourth-order valence-electron chi connectivity index (χ4n) is 2.30. The van der Waals surface area contributed by atoms with Crippen LogP contribution in [0.5, 0.6) is 0 Å². The van der Waals surface area contributed by atoms with E-state index < -0.39 is 5.82 Å². The van der Waals surface area contributed by atoms with Crippen molar-refractivity contribution in [1.82, 2.24) is 10.3 Å². The van der Waals surface area contributed by atoms with Crippen LogP contribution in [0.3, 0.4) is 0 Å². The molecule has 0 aromatic carbocycles. The third-order valence-electron chi connectivity index (χ3n) is 3.48. The molecule has 1 aromatic rings. The van der Waals surface area contributed by atoms with Crippen LogP contribution < -0.4 is 11.1 Å². The molecule has 1 amide bonds. The Morgan fingerprint density at radius 3 is 2.78 bits per heavy atom. The summed E-state index contributed by atoms with van der Waals surface area (Å²) in [4.78, 5) is 15.6. The lowest BCUT2D eigenvalue weighted by molar-refractivity contribution is 0.0923. The Morgan fingerprint density at radius 1 is 1.44 bits per heavy atom. The molecule has 5 heteroatoms. The predicted octanol–water partition coefficient (Wildman–Crippen LogP) is 2.11. The molecule has 1 heterocycles. The molecule has 98 valence electrons. The first-order valence-corrected chi connectivity index (χ1v) is 6.28. The van der Waals surface area contributed by atoms with E-state index in [1.54, 1.807) is 0 Å². The molecule has 0 unspecified atom stereocenters. The van der Waals surface area contributed by atoms with E-state index in [-0.39, 0.29) is 23.3 Å². The standard InChI is InChI=1S/C13H18FN3O/c1-8-2-4-10(5-3-8)17-13(18)11-6-9(14)7-16-12(11)15/h6-8,10H,2-5H2,1H3,(H2,15,16)(H,17,18). The van der Waals surface area contributed by atoms with E-state index in [0.29, 0.717) is 0 Å². The predicted molar refractivity (Wildman–Crippen MR) is 67.5 cm³/mol. The maximum absolute atomic E-state index is 13.0. The van der Waals surface area contributed by atoms with Gasteiger partial charge in [-0.2, -0.15) is 0 Å². The van der Waals surface area contributed by atoms with Gasteiger partial charge in [0.2, 0.25) is 0 Å². The van der Waals surface area contributed by atoms with Gasteiger partial charge in [-0.15, -0.1) is 0 Å². The zero-order chi connectivity index (χ0) is 13.1. The Balaban J connectivity index is 2.01. The molecule has 0 saturated heterocycles. The van der Waals surface area contributed by atoms with Gasteiger partial charge in [0.05, 0.1) is 11.8 Å². The molecule has 1 saturated carbocycles. The van der Waals surface area contributed by atoms with Gasteiger partial charge in [-0.25, -0.2) is 9.37 Å². The van der Waals surface area contributed by atoms with Crippen molar-refractivity contribution in [2.45, 2.75) is 38.6 Å². The van der Waals surface area contributed by atoms with Crippen molar-refractivity contribution >= 4 is 11.7 Å². The van der Waals surface area contributed by atoms with Gasteiger partial charge in [-0.3, -0.25) is 4.79 Å². The summed E-state index contributed by atoms with van der Waals surface area (Å²) in [5.74, 6) is -0.0946. The average molecular weight is 251 g/mol. The molecule has 1 fully saturated rings. The molecule has 1 aliphatic carbocycles. The Hall–Kier alpha value is -1.65. The van der Waals surface area contributed by atoms with Crippen molar-refractivity contribution in [3.63, 3.8) is 0 Å². The number of rotatable bonds is 2. The zero-order valence-electron chi connectivity index (χ0n) is 10.4. The second-order valence-corrected chi connectivity index (χ2v) is 5.02. The molecular formula is C13H18FN3O. The second-order valence-electron chi connectivity index (χ2n) is 5.02. The largest absolute Gasteiger partial charge is 0.383 e. The number of hydrogen-bond donors (Lipinski definition) is 2. The molecule has 0 spiro atoms. The molecule has 0 aliphatic heterocycles. The molecule has 0 bridgehead atoms. The fraction of sp³-hybridized carbons (Fsp3) is 0.538. The summed E-state index contributed by atoms with van der Waals surface area (Å²) < 4.78 is 13.0. The maximum Gasteiger partial charge on any atom is 0.255 e. The first kappa shape index (κ1) is 12.8. The number of nitrogens with zero attached hydrogens (tertiary/aromatic N) is 1. The normalized spacial score (nSPS) is 23.7. The summed E-state index contributed by atoms with van der Waals surface area (Å²) in [7, 11) is 0. The van der Waals surface area contributed by atoms with Crippen molar-refractivity contribution < 1.29 is 9.18 Å². The van der Waals surface area contributed by atoms with Crippen LogP contribution in [0.25, 0.3) is 0 Å². The van der Waals surface area contributed by atoms with Crippen LogP contribution in [0.1, 0.15) is 43.0 Å². The molecule has 18 heavy (non-hydrogen) atoms. The van der Waals surface area contributed by atoms with Crippen molar-refractivity contribution in [2.75, 3.05) is 5.73 Å². The maximum atomic E-state index is 13.0. The summed E-state index contributed by atoms with van der Waals surface area (Å²) in [6.07, 6.45) is 5.17. The van der Waals surface area contributed by atoms with E-state index in [0.717, 1.165) is 43.9 Å².